The van der Waals surface area contributed by atoms with E-state index in [4.69, 9.17) is 11.5 Å². The van der Waals surface area contributed by atoms with Gasteiger partial charge in [-0.25, -0.2) is 4.79 Å². The average molecular weight is 264 g/mol. The van der Waals surface area contributed by atoms with E-state index in [0.29, 0.717) is 6.54 Å². The van der Waals surface area contributed by atoms with Crippen LogP contribution >= 0.6 is 0 Å². The smallest absolute Gasteiger partial charge is 0.321 e. The summed E-state index contributed by atoms with van der Waals surface area (Å²) in [6.07, 6.45) is 9.02. The highest BCUT2D eigenvalue weighted by Gasteiger charge is 2.44. The van der Waals surface area contributed by atoms with Gasteiger partial charge >= 0.3 is 12.0 Å². The summed E-state index contributed by atoms with van der Waals surface area (Å²) in [5, 5.41) is 8.88. The van der Waals surface area contributed by atoms with Crippen LogP contribution < -0.4 is 0 Å². The zero-order chi connectivity index (χ0) is 14.0. The lowest BCUT2D eigenvalue weighted by molar-refractivity contribution is -0.138. The maximum absolute atomic E-state index is 12.3. The second kappa shape index (κ2) is 5.52. The molecule has 1 N–H and O–H groups in total. The Morgan fingerprint density at radius 2 is 1.95 bits per heavy atom. The van der Waals surface area contributed by atoms with Gasteiger partial charge in [-0.1, -0.05) is 5.92 Å². The maximum Gasteiger partial charge on any atom is 0.321 e. The predicted octanol–water partition coefficient (Wildman–Crippen LogP) is 1.39. The zero-order valence-corrected chi connectivity index (χ0v) is 11.2. The lowest BCUT2D eigenvalue weighted by Crippen LogP contribution is -2.51. The van der Waals surface area contributed by atoms with Crippen molar-refractivity contribution in [3.63, 3.8) is 0 Å². The van der Waals surface area contributed by atoms with E-state index in [1.54, 1.807) is 11.9 Å². The first-order valence-corrected chi connectivity index (χ1v) is 6.71. The lowest BCUT2D eigenvalue weighted by atomic mass is 9.88. The van der Waals surface area contributed by atoms with Crippen LogP contribution in [0.5, 0.6) is 0 Å². The molecule has 0 aromatic heterocycles. The van der Waals surface area contributed by atoms with Crippen LogP contribution in [0.25, 0.3) is 0 Å². The summed E-state index contributed by atoms with van der Waals surface area (Å²) in [5.74, 6) is 1.94. The molecule has 2 rings (SSSR count). The van der Waals surface area contributed by atoms with E-state index in [0.717, 1.165) is 25.7 Å². The van der Waals surface area contributed by atoms with Gasteiger partial charge in [0.2, 0.25) is 0 Å². The fourth-order valence-electron chi connectivity index (χ4n) is 3.42. The summed E-state index contributed by atoms with van der Waals surface area (Å²) in [5.41, 5.74) is 0. The number of carbonyl (C=O) groups is 2. The van der Waals surface area contributed by atoms with Crippen molar-refractivity contribution in [1.29, 1.82) is 0 Å². The third-order valence-electron chi connectivity index (χ3n) is 4.17. The van der Waals surface area contributed by atoms with Crippen molar-refractivity contribution >= 4 is 12.0 Å². The third-order valence-corrected chi connectivity index (χ3v) is 4.17. The molecule has 2 aliphatic rings. The van der Waals surface area contributed by atoms with Crippen LogP contribution in [-0.2, 0) is 4.79 Å². The molecule has 0 aliphatic carbocycles. The number of carboxylic acids is 1. The summed E-state index contributed by atoms with van der Waals surface area (Å²) < 4.78 is 0. The molecule has 0 radical (unpaired) electrons. The van der Waals surface area contributed by atoms with Crippen molar-refractivity contribution in [3.8, 4) is 12.3 Å². The number of hydrogen-bond acceptors (Lipinski definition) is 2. The standard InChI is InChI=1S/C14H20N2O3/c1-3-6-15(2)14(19)16-11-4-5-12(16)8-10(7-11)9-13(17)18/h1,10-12H,4-9H2,2H3,(H,17,18). The van der Waals surface area contributed by atoms with Crippen LogP contribution in [-0.4, -0.2) is 52.6 Å². The van der Waals surface area contributed by atoms with Gasteiger partial charge in [0.1, 0.15) is 0 Å². The molecule has 5 nitrogen and oxygen atoms in total. The van der Waals surface area contributed by atoms with E-state index in [9.17, 15) is 9.59 Å². The van der Waals surface area contributed by atoms with Gasteiger partial charge in [-0.05, 0) is 31.6 Å². The monoisotopic (exact) mass is 264 g/mol. The predicted molar refractivity (Wildman–Crippen MR) is 70.5 cm³/mol. The number of carboxylic acid groups (broad SMARTS) is 1. The quantitative estimate of drug-likeness (QED) is 0.784. The minimum Gasteiger partial charge on any atom is -0.481 e. The number of urea groups is 1. The van der Waals surface area contributed by atoms with Gasteiger partial charge in [0.15, 0.2) is 0 Å². The van der Waals surface area contributed by atoms with Crippen molar-refractivity contribution in [3.05, 3.63) is 0 Å². The van der Waals surface area contributed by atoms with Gasteiger partial charge in [-0.2, -0.15) is 0 Å². The van der Waals surface area contributed by atoms with Crippen LogP contribution in [0.15, 0.2) is 0 Å². The first-order valence-electron chi connectivity index (χ1n) is 6.71. The van der Waals surface area contributed by atoms with Crippen LogP contribution in [0.4, 0.5) is 4.79 Å². The molecule has 5 heteroatoms. The fraction of sp³-hybridized carbons (Fsp3) is 0.714. The van der Waals surface area contributed by atoms with Crippen LogP contribution in [0, 0.1) is 18.3 Å². The molecule has 19 heavy (non-hydrogen) atoms. The van der Waals surface area contributed by atoms with Gasteiger partial charge < -0.3 is 14.9 Å². The SMILES string of the molecule is C#CCN(C)C(=O)N1C2CCC1CC(CC(=O)O)C2. The summed E-state index contributed by atoms with van der Waals surface area (Å²) >= 11 is 0. The van der Waals surface area contributed by atoms with E-state index in [2.05, 4.69) is 5.92 Å². The molecule has 2 heterocycles. The topological polar surface area (TPSA) is 60.9 Å². The van der Waals surface area contributed by atoms with E-state index in [-0.39, 0.29) is 30.5 Å². The molecule has 0 aromatic rings. The van der Waals surface area contributed by atoms with Crippen LogP contribution in [0.3, 0.4) is 0 Å². The number of amides is 2. The second-order valence-electron chi connectivity index (χ2n) is 5.57. The van der Waals surface area contributed by atoms with Crippen molar-refractivity contribution in [2.75, 3.05) is 13.6 Å². The Labute approximate surface area is 113 Å². The molecule has 2 bridgehead atoms. The van der Waals surface area contributed by atoms with Gasteiger partial charge in [-0.3, -0.25) is 4.79 Å². The third kappa shape index (κ3) is 2.83. The second-order valence-corrected chi connectivity index (χ2v) is 5.57. The van der Waals surface area contributed by atoms with E-state index in [1.807, 2.05) is 4.90 Å². The molecule has 2 saturated heterocycles. The summed E-state index contributed by atoms with van der Waals surface area (Å²) in [6, 6.07) is 0.367. The Kier molecular flexibility index (Phi) is 3.98. The van der Waals surface area contributed by atoms with E-state index < -0.39 is 5.97 Å². The molecular formula is C14H20N2O3. The molecule has 0 spiro atoms. The Morgan fingerprint density at radius 3 is 2.42 bits per heavy atom. The van der Waals surface area contributed by atoms with Crippen LogP contribution in [0.1, 0.15) is 32.1 Å². The Hall–Kier alpha value is -1.70. The Bertz CT molecular complexity index is 401. The van der Waals surface area contributed by atoms with Gasteiger partial charge in [0.25, 0.3) is 0 Å². The molecule has 2 unspecified atom stereocenters. The average Bonchev–Trinajstić information content (AvgIpc) is 2.59. The molecule has 2 atom stereocenters. The first-order chi connectivity index (χ1) is 9.02. The molecule has 0 aromatic carbocycles. The van der Waals surface area contributed by atoms with Crippen molar-refractivity contribution < 1.29 is 14.7 Å². The fourth-order valence-corrected chi connectivity index (χ4v) is 3.42. The minimum atomic E-state index is -0.742. The van der Waals surface area contributed by atoms with E-state index >= 15 is 0 Å². The van der Waals surface area contributed by atoms with Crippen molar-refractivity contribution in [1.82, 2.24) is 9.80 Å². The first kappa shape index (κ1) is 13.7. The maximum atomic E-state index is 12.3. The van der Waals surface area contributed by atoms with Crippen molar-refractivity contribution in [2.45, 2.75) is 44.2 Å². The Morgan fingerprint density at radius 1 is 1.37 bits per heavy atom. The van der Waals surface area contributed by atoms with E-state index in [1.165, 1.54) is 0 Å². The molecule has 2 aliphatic heterocycles. The number of carbonyl (C=O) groups excluding carboxylic acids is 1. The normalized spacial score (nSPS) is 28.8. The van der Waals surface area contributed by atoms with Crippen LogP contribution in [0.2, 0.25) is 0 Å². The summed E-state index contributed by atoms with van der Waals surface area (Å²) in [6.45, 7) is 0.313. The molecule has 2 amide bonds. The number of hydrogen-bond donors (Lipinski definition) is 1. The van der Waals surface area contributed by atoms with Gasteiger partial charge in [0.05, 0.1) is 6.54 Å². The van der Waals surface area contributed by atoms with Gasteiger partial charge in [-0.15, -0.1) is 6.42 Å². The van der Waals surface area contributed by atoms with Crippen molar-refractivity contribution in [2.24, 2.45) is 5.92 Å². The molecule has 104 valence electrons. The molecular weight excluding hydrogens is 244 g/mol. The number of aliphatic carboxylic acids is 1. The minimum absolute atomic E-state index is 0.0146. The highest BCUT2D eigenvalue weighted by molar-refractivity contribution is 5.76. The number of nitrogens with zero attached hydrogens (tertiary/aromatic N) is 2. The molecule has 2 fully saturated rings. The summed E-state index contributed by atoms with van der Waals surface area (Å²) in [4.78, 5) is 26.6. The highest BCUT2D eigenvalue weighted by Crippen LogP contribution is 2.40. The number of piperidine rings is 1. The number of rotatable bonds is 3. The lowest BCUT2D eigenvalue weighted by Gasteiger charge is -2.40. The highest BCUT2D eigenvalue weighted by atomic mass is 16.4. The zero-order valence-electron chi connectivity index (χ0n) is 11.2. The largest absolute Gasteiger partial charge is 0.481 e. The Balaban J connectivity index is 2.01. The summed E-state index contributed by atoms with van der Waals surface area (Å²) in [7, 11) is 1.71. The molecule has 0 saturated carbocycles. The van der Waals surface area contributed by atoms with Gasteiger partial charge in [0, 0.05) is 25.6 Å². The number of terminal acetylenes is 1. The number of fused-ring (bicyclic) bond motifs is 2.